The lowest BCUT2D eigenvalue weighted by Crippen LogP contribution is -2.44. The van der Waals surface area contributed by atoms with Gasteiger partial charge in [0.15, 0.2) is 5.76 Å². The molecule has 2 saturated heterocycles. The summed E-state index contributed by atoms with van der Waals surface area (Å²) in [6.07, 6.45) is 5.20. The van der Waals surface area contributed by atoms with Crippen LogP contribution >= 0.6 is 15.9 Å². The first-order valence-electron chi connectivity index (χ1n) is 10.3. The molecule has 2 amide bonds. The molecule has 0 aliphatic carbocycles. The number of fused-ring (bicyclic) bond motifs is 5. The van der Waals surface area contributed by atoms with E-state index in [-0.39, 0.29) is 23.4 Å². The monoisotopic (exact) mass is 488 g/mol. The molecule has 1 aromatic heterocycles. The second-order valence-electron chi connectivity index (χ2n) is 8.17. The number of hydrogen-bond acceptors (Lipinski definition) is 5. The Morgan fingerprint density at radius 1 is 0.938 bits per heavy atom. The number of Topliss-reactive ketones (excluding diaryl/α,β-unsaturated/α-hetero) is 1. The van der Waals surface area contributed by atoms with Crippen molar-refractivity contribution in [1.82, 2.24) is 4.90 Å². The predicted molar refractivity (Wildman–Crippen MR) is 120 cm³/mol. The van der Waals surface area contributed by atoms with Crippen molar-refractivity contribution in [3.8, 4) is 0 Å². The average molecular weight is 489 g/mol. The number of ketones is 1. The molecule has 2 fully saturated rings. The van der Waals surface area contributed by atoms with Crippen LogP contribution in [0.15, 0.2) is 82.0 Å². The lowest BCUT2D eigenvalue weighted by atomic mass is 9.84. The van der Waals surface area contributed by atoms with Gasteiger partial charge >= 0.3 is 0 Å². The Morgan fingerprint density at radius 3 is 2.53 bits per heavy atom. The summed E-state index contributed by atoms with van der Waals surface area (Å²) in [5.41, 5.74) is 2.43. The number of amides is 2. The largest absolute Gasteiger partial charge is 0.461 e. The van der Waals surface area contributed by atoms with E-state index >= 15 is 0 Å². The number of anilines is 1. The smallest absolute Gasteiger partial charge is 0.240 e. The standard InChI is InChI=1S/C25H17BrN2O4/c26-15-6-3-7-16(13-15)28-24(30)19-20(25(28)31)22(23(29)18-9-4-12-32-18)27-11-10-14-5-1-2-8-17(14)21(19)27/h1-13,19-22H. The van der Waals surface area contributed by atoms with Gasteiger partial charge in [0, 0.05) is 10.7 Å². The zero-order valence-electron chi connectivity index (χ0n) is 16.7. The maximum absolute atomic E-state index is 13.7. The van der Waals surface area contributed by atoms with Crippen LogP contribution in [0.3, 0.4) is 0 Å². The summed E-state index contributed by atoms with van der Waals surface area (Å²) in [6.45, 7) is 0. The summed E-state index contributed by atoms with van der Waals surface area (Å²) in [4.78, 5) is 44.1. The van der Waals surface area contributed by atoms with Crippen LogP contribution in [-0.4, -0.2) is 28.5 Å². The van der Waals surface area contributed by atoms with Crippen molar-refractivity contribution in [2.24, 2.45) is 11.8 Å². The molecular formula is C25H17BrN2O4. The fourth-order valence-corrected chi connectivity index (χ4v) is 5.68. The van der Waals surface area contributed by atoms with Gasteiger partial charge in [0.25, 0.3) is 0 Å². The zero-order valence-corrected chi connectivity index (χ0v) is 18.3. The highest BCUT2D eigenvalue weighted by atomic mass is 79.9. The lowest BCUT2D eigenvalue weighted by Gasteiger charge is -2.35. The lowest BCUT2D eigenvalue weighted by molar-refractivity contribution is -0.123. The topological polar surface area (TPSA) is 70.8 Å². The molecule has 3 aromatic rings. The van der Waals surface area contributed by atoms with Gasteiger partial charge in [0.2, 0.25) is 17.6 Å². The summed E-state index contributed by atoms with van der Waals surface area (Å²) < 4.78 is 6.15. The Morgan fingerprint density at radius 2 is 1.75 bits per heavy atom. The number of benzene rings is 2. The molecule has 4 atom stereocenters. The summed E-state index contributed by atoms with van der Waals surface area (Å²) in [6, 6.07) is 16.9. The van der Waals surface area contributed by atoms with Crippen LogP contribution in [0.4, 0.5) is 5.69 Å². The second-order valence-corrected chi connectivity index (χ2v) is 9.08. The van der Waals surface area contributed by atoms with Gasteiger partial charge in [0.1, 0.15) is 6.04 Å². The van der Waals surface area contributed by atoms with Crippen LogP contribution < -0.4 is 4.90 Å². The minimum Gasteiger partial charge on any atom is -0.461 e. The molecule has 7 heteroatoms. The van der Waals surface area contributed by atoms with E-state index in [0.717, 1.165) is 15.6 Å². The molecule has 0 saturated carbocycles. The van der Waals surface area contributed by atoms with Crippen LogP contribution in [0.5, 0.6) is 0 Å². The third kappa shape index (κ3) is 2.61. The van der Waals surface area contributed by atoms with Crippen LogP contribution in [0.2, 0.25) is 0 Å². The highest BCUT2D eigenvalue weighted by Gasteiger charge is 2.64. The predicted octanol–water partition coefficient (Wildman–Crippen LogP) is 4.44. The number of hydrogen-bond donors (Lipinski definition) is 0. The Kier molecular flexibility index (Phi) is 4.23. The van der Waals surface area contributed by atoms with E-state index in [4.69, 9.17) is 4.42 Å². The molecule has 6 nitrogen and oxygen atoms in total. The summed E-state index contributed by atoms with van der Waals surface area (Å²) in [5.74, 6) is -2.23. The van der Waals surface area contributed by atoms with E-state index in [0.29, 0.717) is 5.69 Å². The Balaban J connectivity index is 1.51. The molecule has 2 aromatic carbocycles. The van der Waals surface area contributed by atoms with Gasteiger partial charge in [-0.05, 0) is 47.5 Å². The molecule has 3 aliphatic heterocycles. The number of nitrogens with zero attached hydrogens (tertiary/aromatic N) is 2. The normalized spacial score (nSPS) is 25.7. The fraction of sp³-hybridized carbons (Fsp3) is 0.160. The van der Waals surface area contributed by atoms with Gasteiger partial charge in [0.05, 0.1) is 29.8 Å². The number of carbonyl (C=O) groups is 3. The van der Waals surface area contributed by atoms with Crippen LogP contribution in [-0.2, 0) is 9.59 Å². The van der Waals surface area contributed by atoms with Crippen molar-refractivity contribution in [3.63, 3.8) is 0 Å². The Hall–Kier alpha value is -3.45. The quantitative estimate of drug-likeness (QED) is 0.402. The van der Waals surface area contributed by atoms with E-state index in [1.165, 1.54) is 11.2 Å². The molecule has 158 valence electrons. The molecule has 0 radical (unpaired) electrons. The maximum atomic E-state index is 13.7. The first-order valence-corrected chi connectivity index (χ1v) is 11.1. The summed E-state index contributed by atoms with van der Waals surface area (Å²) >= 11 is 3.42. The second kappa shape index (κ2) is 7.03. The average Bonchev–Trinajstić information content (AvgIpc) is 3.50. The van der Waals surface area contributed by atoms with E-state index < -0.39 is 23.9 Å². The number of halogens is 1. The van der Waals surface area contributed by atoms with Crippen molar-refractivity contribution >= 4 is 45.3 Å². The van der Waals surface area contributed by atoms with Crippen LogP contribution in [0.25, 0.3) is 6.08 Å². The molecule has 4 unspecified atom stereocenters. The first kappa shape index (κ1) is 19.3. The van der Waals surface area contributed by atoms with Crippen molar-refractivity contribution < 1.29 is 18.8 Å². The summed E-state index contributed by atoms with van der Waals surface area (Å²) in [7, 11) is 0. The van der Waals surface area contributed by atoms with Gasteiger partial charge in [-0.15, -0.1) is 0 Å². The van der Waals surface area contributed by atoms with Crippen LogP contribution in [0.1, 0.15) is 27.7 Å². The molecule has 32 heavy (non-hydrogen) atoms. The summed E-state index contributed by atoms with van der Waals surface area (Å²) in [5, 5.41) is 0. The van der Waals surface area contributed by atoms with Crippen molar-refractivity contribution in [1.29, 1.82) is 0 Å². The molecule has 4 heterocycles. The van der Waals surface area contributed by atoms with Crippen LogP contribution in [0, 0.1) is 11.8 Å². The third-order valence-corrected chi connectivity index (χ3v) is 7.05. The zero-order chi connectivity index (χ0) is 22.0. The van der Waals surface area contributed by atoms with Gasteiger partial charge < -0.3 is 9.32 Å². The van der Waals surface area contributed by atoms with Gasteiger partial charge in [-0.25, -0.2) is 4.90 Å². The Labute approximate surface area is 192 Å². The Bertz CT molecular complexity index is 1300. The number of imide groups is 1. The number of rotatable bonds is 3. The fourth-order valence-electron chi connectivity index (χ4n) is 5.29. The first-order chi connectivity index (χ1) is 15.6. The van der Waals surface area contributed by atoms with Crippen molar-refractivity contribution in [3.05, 3.63) is 94.5 Å². The minimum atomic E-state index is -0.825. The maximum Gasteiger partial charge on any atom is 0.240 e. The highest BCUT2D eigenvalue weighted by molar-refractivity contribution is 9.10. The van der Waals surface area contributed by atoms with Crippen molar-refractivity contribution in [2.45, 2.75) is 12.1 Å². The SMILES string of the molecule is O=C(c1ccco1)C1C2C(=O)N(c3cccc(Br)c3)C(=O)C2C2c3ccccc3C=CN12. The molecule has 0 N–H and O–H groups in total. The minimum absolute atomic E-state index is 0.183. The van der Waals surface area contributed by atoms with E-state index in [9.17, 15) is 14.4 Å². The van der Waals surface area contributed by atoms with Gasteiger partial charge in [-0.1, -0.05) is 46.3 Å². The molecule has 3 aliphatic rings. The number of carbonyl (C=O) groups excluding carboxylic acids is 3. The molecule has 6 rings (SSSR count). The van der Waals surface area contributed by atoms with Gasteiger partial charge in [-0.2, -0.15) is 0 Å². The van der Waals surface area contributed by atoms with E-state index in [2.05, 4.69) is 15.9 Å². The molecular weight excluding hydrogens is 472 g/mol. The van der Waals surface area contributed by atoms with E-state index in [1.54, 1.807) is 30.3 Å². The molecule has 0 spiro atoms. The number of furan rings is 1. The van der Waals surface area contributed by atoms with E-state index in [1.807, 2.05) is 47.5 Å². The van der Waals surface area contributed by atoms with Gasteiger partial charge in [-0.3, -0.25) is 14.4 Å². The third-order valence-electron chi connectivity index (χ3n) is 6.56. The van der Waals surface area contributed by atoms with Crippen molar-refractivity contribution in [2.75, 3.05) is 4.90 Å². The highest BCUT2D eigenvalue weighted by Crippen LogP contribution is 2.53. The molecule has 0 bridgehead atoms.